The summed E-state index contributed by atoms with van der Waals surface area (Å²) in [5, 5.41) is 3.25. The first-order chi connectivity index (χ1) is 6.78. The fourth-order valence-corrected chi connectivity index (χ4v) is 1.71. The quantitative estimate of drug-likeness (QED) is 0.790. The summed E-state index contributed by atoms with van der Waals surface area (Å²) in [6, 6.07) is 8.92. The minimum Gasteiger partial charge on any atom is -0.490 e. The van der Waals surface area contributed by atoms with Crippen molar-refractivity contribution >= 4 is 0 Å². The van der Waals surface area contributed by atoms with Gasteiger partial charge in [0.15, 0.2) is 0 Å². The second kappa shape index (κ2) is 4.01. The second-order valence-corrected chi connectivity index (χ2v) is 4.01. The summed E-state index contributed by atoms with van der Waals surface area (Å²) in [7, 11) is 2.01. The first kappa shape index (κ1) is 9.53. The first-order valence-electron chi connectivity index (χ1n) is 5.18. The van der Waals surface area contributed by atoms with E-state index in [1.165, 1.54) is 5.56 Å². The average molecular weight is 191 g/mol. The van der Waals surface area contributed by atoms with Gasteiger partial charge in [-0.25, -0.2) is 0 Å². The number of hydrogen-bond donors (Lipinski definition) is 1. The smallest absolute Gasteiger partial charge is 0.119 e. The van der Waals surface area contributed by atoms with Gasteiger partial charge in [0.25, 0.3) is 0 Å². The molecule has 0 aliphatic heterocycles. The number of nitrogens with one attached hydrogen (secondary N) is 1. The van der Waals surface area contributed by atoms with Crippen LogP contribution in [0, 0.1) is 6.92 Å². The van der Waals surface area contributed by atoms with Crippen LogP contribution in [-0.2, 0) is 0 Å². The number of benzene rings is 1. The van der Waals surface area contributed by atoms with E-state index in [0.29, 0.717) is 12.1 Å². The van der Waals surface area contributed by atoms with Crippen LogP contribution < -0.4 is 10.1 Å². The van der Waals surface area contributed by atoms with Gasteiger partial charge in [-0.05, 0) is 38.9 Å². The van der Waals surface area contributed by atoms with Crippen molar-refractivity contribution < 1.29 is 4.74 Å². The van der Waals surface area contributed by atoms with Crippen LogP contribution in [0.1, 0.15) is 18.4 Å². The van der Waals surface area contributed by atoms with Crippen molar-refractivity contribution in [2.75, 3.05) is 7.05 Å². The molecule has 1 saturated carbocycles. The minimum atomic E-state index is 0.412. The summed E-state index contributed by atoms with van der Waals surface area (Å²) in [5.41, 5.74) is 1.28. The van der Waals surface area contributed by atoms with Crippen molar-refractivity contribution in [1.29, 1.82) is 0 Å². The Hall–Kier alpha value is -1.02. The normalized spacial score (nSPS) is 25.6. The molecule has 0 aromatic heterocycles. The Morgan fingerprint density at radius 1 is 1.21 bits per heavy atom. The van der Waals surface area contributed by atoms with E-state index >= 15 is 0 Å². The van der Waals surface area contributed by atoms with E-state index in [4.69, 9.17) is 4.74 Å². The molecule has 2 nitrogen and oxygen atoms in total. The fraction of sp³-hybridized carbons (Fsp3) is 0.500. The number of ether oxygens (including phenoxy) is 1. The lowest BCUT2D eigenvalue weighted by Gasteiger charge is -2.35. The lowest BCUT2D eigenvalue weighted by atomic mass is 9.89. The van der Waals surface area contributed by atoms with Crippen LogP contribution in [0.15, 0.2) is 24.3 Å². The Balaban J connectivity index is 1.84. The van der Waals surface area contributed by atoms with E-state index in [2.05, 4.69) is 24.4 Å². The van der Waals surface area contributed by atoms with E-state index < -0.39 is 0 Å². The van der Waals surface area contributed by atoms with Crippen molar-refractivity contribution in [3.8, 4) is 5.75 Å². The predicted octanol–water partition coefficient (Wildman–Crippen LogP) is 2.12. The van der Waals surface area contributed by atoms with E-state index in [-0.39, 0.29) is 0 Å². The Morgan fingerprint density at radius 2 is 1.86 bits per heavy atom. The maximum absolute atomic E-state index is 5.80. The van der Waals surface area contributed by atoms with Crippen molar-refractivity contribution in [2.45, 2.75) is 31.9 Å². The molecule has 0 amide bonds. The van der Waals surface area contributed by atoms with Gasteiger partial charge in [0.2, 0.25) is 0 Å². The molecule has 0 radical (unpaired) electrons. The zero-order valence-corrected chi connectivity index (χ0v) is 8.79. The molecule has 0 spiro atoms. The zero-order valence-electron chi connectivity index (χ0n) is 8.79. The lowest BCUT2D eigenvalue weighted by Crippen LogP contribution is -2.45. The van der Waals surface area contributed by atoms with E-state index in [1.54, 1.807) is 0 Å². The molecule has 2 heteroatoms. The highest BCUT2D eigenvalue weighted by molar-refractivity contribution is 5.26. The molecular formula is C12H17NO. The van der Waals surface area contributed by atoms with Crippen LogP contribution in [0.25, 0.3) is 0 Å². The highest BCUT2D eigenvalue weighted by Crippen LogP contribution is 2.25. The third-order valence-electron chi connectivity index (χ3n) is 2.83. The van der Waals surface area contributed by atoms with Gasteiger partial charge in [-0.3, -0.25) is 0 Å². The molecule has 1 aliphatic carbocycles. The maximum Gasteiger partial charge on any atom is 0.119 e. The van der Waals surface area contributed by atoms with Crippen LogP contribution >= 0.6 is 0 Å². The molecule has 14 heavy (non-hydrogen) atoms. The Morgan fingerprint density at radius 3 is 2.43 bits per heavy atom. The summed E-state index contributed by atoms with van der Waals surface area (Å²) < 4.78 is 5.80. The van der Waals surface area contributed by atoms with Gasteiger partial charge in [-0.15, -0.1) is 0 Å². The fourth-order valence-electron chi connectivity index (χ4n) is 1.71. The molecule has 76 valence electrons. The third kappa shape index (κ3) is 2.07. The minimum absolute atomic E-state index is 0.412. The zero-order chi connectivity index (χ0) is 9.97. The van der Waals surface area contributed by atoms with Crippen LogP contribution in [0.2, 0.25) is 0 Å². The Kier molecular flexibility index (Phi) is 2.73. The van der Waals surface area contributed by atoms with Crippen LogP contribution in [0.4, 0.5) is 0 Å². The Labute approximate surface area is 85.3 Å². The van der Waals surface area contributed by atoms with Crippen molar-refractivity contribution in [3.05, 3.63) is 29.8 Å². The number of rotatable bonds is 3. The maximum atomic E-state index is 5.80. The second-order valence-electron chi connectivity index (χ2n) is 4.01. The van der Waals surface area contributed by atoms with Gasteiger partial charge in [0.05, 0.1) is 0 Å². The van der Waals surface area contributed by atoms with Gasteiger partial charge in [-0.2, -0.15) is 0 Å². The first-order valence-corrected chi connectivity index (χ1v) is 5.18. The third-order valence-corrected chi connectivity index (χ3v) is 2.83. The Bertz CT molecular complexity index is 288. The summed E-state index contributed by atoms with van der Waals surface area (Å²) in [4.78, 5) is 0. The molecular weight excluding hydrogens is 174 g/mol. The van der Waals surface area contributed by atoms with Crippen molar-refractivity contribution in [1.82, 2.24) is 5.32 Å². The molecule has 0 unspecified atom stereocenters. The van der Waals surface area contributed by atoms with E-state index in [1.807, 2.05) is 19.2 Å². The molecule has 0 heterocycles. The highest BCUT2D eigenvalue weighted by Gasteiger charge is 2.29. The SMILES string of the molecule is CNC1CC(Oc2ccc(C)cc2)C1. The largest absolute Gasteiger partial charge is 0.490 e. The van der Waals surface area contributed by atoms with E-state index in [0.717, 1.165) is 18.6 Å². The summed E-state index contributed by atoms with van der Waals surface area (Å²) in [6.45, 7) is 2.09. The van der Waals surface area contributed by atoms with Crippen LogP contribution in [0.5, 0.6) is 5.75 Å². The summed E-state index contributed by atoms with van der Waals surface area (Å²) in [6.07, 6.45) is 2.67. The topological polar surface area (TPSA) is 21.3 Å². The van der Waals surface area contributed by atoms with E-state index in [9.17, 15) is 0 Å². The molecule has 0 bridgehead atoms. The van der Waals surface area contributed by atoms with Crippen LogP contribution in [0.3, 0.4) is 0 Å². The van der Waals surface area contributed by atoms with Gasteiger partial charge in [0, 0.05) is 6.04 Å². The molecule has 1 N–H and O–H groups in total. The molecule has 1 aliphatic rings. The highest BCUT2D eigenvalue weighted by atomic mass is 16.5. The summed E-state index contributed by atoms with van der Waals surface area (Å²) >= 11 is 0. The predicted molar refractivity (Wildman–Crippen MR) is 57.7 cm³/mol. The summed E-state index contributed by atoms with van der Waals surface area (Å²) in [5.74, 6) is 0.996. The number of hydrogen-bond acceptors (Lipinski definition) is 2. The molecule has 0 atom stereocenters. The molecule has 1 aromatic rings. The molecule has 0 saturated heterocycles. The monoisotopic (exact) mass is 191 g/mol. The van der Waals surface area contributed by atoms with Gasteiger partial charge in [0.1, 0.15) is 11.9 Å². The van der Waals surface area contributed by atoms with Gasteiger partial charge in [-0.1, -0.05) is 17.7 Å². The van der Waals surface area contributed by atoms with Crippen molar-refractivity contribution in [2.24, 2.45) is 0 Å². The number of aryl methyl sites for hydroxylation is 1. The van der Waals surface area contributed by atoms with Crippen LogP contribution in [-0.4, -0.2) is 19.2 Å². The molecule has 1 aromatic carbocycles. The van der Waals surface area contributed by atoms with Gasteiger partial charge >= 0.3 is 0 Å². The molecule has 1 fully saturated rings. The average Bonchev–Trinajstić information content (AvgIpc) is 2.13. The van der Waals surface area contributed by atoms with Gasteiger partial charge < -0.3 is 10.1 Å². The molecule has 2 rings (SSSR count). The standard InChI is InChI=1S/C12H17NO/c1-9-3-5-11(6-4-9)14-12-7-10(8-12)13-2/h3-6,10,12-13H,7-8H2,1-2H3. The lowest BCUT2D eigenvalue weighted by molar-refractivity contribution is 0.0885. The van der Waals surface area contributed by atoms with Crippen molar-refractivity contribution in [3.63, 3.8) is 0 Å².